The van der Waals surface area contributed by atoms with Crippen molar-refractivity contribution in [2.45, 2.75) is 25.3 Å². The molecular weight excluding hydrogens is 240 g/mol. The molecule has 1 aliphatic rings. The van der Waals surface area contributed by atoms with Gasteiger partial charge in [-0.05, 0) is 37.6 Å². The van der Waals surface area contributed by atoms with Crippen LogP contribution in [0.2, 0.25) is 0 Å². The summed E-state index contributed by atoms with van der Waals surface area (Å²) in [6.45, 7) is 1.71. The average molecular weight is 262 g/mol. The maximum atomic E-state index is 12.2. The lowest BCUT2D eigenvalue weighted by atomic mass is 10.0. The summed E-state index contributed by atoms with van der Waals surface area (Å²) in [5, 5.41) is 3.27. The van der Waals surface area contributed by atoms with Crippen molar-refractivity contribution in [3.8, 4) is 5.75 Å². The molecule has 1 heterocycles. The second-order valence-electron chi connectivity index (χ2n) is 4.97. The lowest BCUT2D eigenvalue weighted by molar-refractivity contribution is -0.131. The van der Waals surface area contributed by atoms with Crippen LogP contribution in [0.5, 0.6) is 5.75 Å². The molecule has 1 N–H and O–H groups in total. The van der Waals surface area contributed by atoms with E-state index in [0.29, 0.717) is 12.5 Å². The highest BCUT2D eigenvalue weighted by Gasteiger charge is 2.21. The summed E-state index contributed by atoms with van der Waals surface area (Å²) in [4.78, 5) is 14.2. The van der Waals surface area contributed by atoms with Gasteiger partial charge in [-0.1, -0.05) is 12.1 Å². The molecule has 4 nitrogen and oxygen atoms in total. The molecule has 1 fully saturated rings. The number of amides is 1. The molecule has 4 heteroatoms. The van der Waals surface area contributed by atoms with E-state index < -0.39 is 0 Å². The van der Waals surface area contributed by atoms with E-state index in [2.05, 4.69) is 5.32 Å². The van der Waals surface area contributed by atoms with Crippen LogP contribution in [-0.4, -0.2) is 44.1 Å². The second kappa shape index (κ2) is 6.57. The summed E-state index contributed by atoms with van der Waals surface area (Å²) < 4.78 is 5.18. The second-order valence-corrected chi connectivity index (χ2v) is 4.97. The minimum absolute atomic E-state index is 0.211. The van der Waals surface area contributed by atoms with Crippen molar-refractivity contribution in [1.82, 2.24) is 10.2 Å². The lowest BCUT2D eigenvalue weighted by Gasteiger charge is -2.31. The highest BCUT2D eigenvalue weighted by atomic mass is 16.5. The zero-order valence-electron chi connectivity index (χ0n) is 11.7. The first-order valence-electron chi connectivity index (χ1n) is 6.81. The molecule has 104 valence electrons. The Morgan fingerprint density at radius 2 is 2.16 bits per heavy atom. The van der Waals surface area contributed by atoms with Crippen molar-refractivity contribution in [1.29, 1.82) is 0 Å². The summed E-state index contributed by atoms with van der Waals surface area (Å²) in [5.74, 6) is 1.02. The van der Waals surface area contributed by atoms with Gasteiger partial charge in [0.05, 0.1) is 13.5 Å². The number of benzene rings is 1. The van der Waals surface area contributed by atoms with Crippen LogP contribution in [0.4, 0.5) is 0 Å². The van der Waals surface area contributed by atoms with Gasteiger partial charge in [0.1, 0.15) is 5.75 Å². The zero-order chi connectivity index (χ0) is 13.7. The maximum Gasteiger partial charge on any atom is 0.226 e. The number of nitrogens with zero attached hydrogens (tertiary/aromatic N) is 1. The van der Waals surface area contributed by atoms with E-state index in [1.54, 1.807) is 7.11 Å². The smallest absolute Gasteiger partial charge is 0.226 e. The first-order chi connectivity index (χ1) is 9.22. The standard InChI is InChI=1S/C15H22N2O2/c1-16-13-6-8-17(9-7-13)15(18)11-12-4-3-5-14(10-12)19-2/h3-5,10,13,16H,6-9,11H2,1-2H3. The van der Waals surface area contributed by atoms with Crippen LogP contribution in [0.1, 0.15) is 18.4 Å². The fourth-order valence-electron chi connectivity index (χ4n) is 2.49. The molecule has 1 saturated heterocycles. The third kappa shape index (κ3) is 3.70. The molecule has 1 aliphatic heterocycles. The van der Waals surface area contributed by atoms with Crippen molar-refractivity contribution in [2.75, 3.05) is 27.2 Å². The quantitative estimate of drug-likeness (QED) is 0.893. The van der Waals surface area contributed by atoms with Crippen molar-refractivity contribution >= 4 is 5.91 Å². The minimum atomic E-state index is 0.211. The molecule has 0 spiro atoms. The van der Waals surface area contributed by atoms with Gasteiger partial charge in [0.25, 0.3) is 0 Å². The molecule has 2 rings (SSSR count). The van der Waals surface area contributed by atoms with Crippen LogP contribution >= 0.6 is 0 Å². The Hall–Kier alpha value is -1.55. The topological polar surface area (TPSA) is 41.6 Å². The Kier molecular flexibility index (Phi) is 4.80. The number of methoxy groups -OCH3 is 1. The summed E-state index contributed by atoms with van der Waals surface area (Å²) in [7, 11) is 3.63. The Bertz CT molecular complexity index is 426. The van der Waals surface area contributed by atoms with E-state index in [1.807, 2.05) is 36.2 Å². The van der Waals surface area contributed by atoms with Gasteiger partial charge in [-0.3, -0.25) is 4.79 Å². The molecule has 0 atom stereocenters. The van der Waals surface area contributed by atoms with Gasteiger partial charge >= 0.3 is 0 Å². The number of likely N-dealkylation sites (tertiary alicyclic amines) is 1. The van der Waals surface area contributed by atoms with Gasteiger partial charge in [-0.15, -0.1) is 0 Å². The van der Waals surface area contributed by atoms with E-state index >= 15 is 0 Å². The lowest BCUT2D eigenvalue weighted by Crippen LogP contribution is -2.44. The van der Waals surface area contributed by atoms with Crippen LogP contribution in [-0.2, 0) is 11.2 Å². The van der Waals surface area contributed by atoms with Gasteiger partial charge in [-0.2, -0.15) is 0 Å². The van der Waals surface area contributed by atoms with E-state index in [1.165, 1.54) is 0 Å². The fraction of sp³-hybridized carbons (Fsp3) is 0.533. The summed E-state index contributed by atoms with van der Waals surface area (Å²) >= 11 is 0. The average Bonchev–Trinajstić information content (AvgIpc) is 2.47. The summed E-state index contributed by atoms with van der Waals surface area (Å²) in [6.07, 6.45) is 2.54. The number of rotatable bonds is 4. The molecule has 0 aliphatic carbocycles. The monoisotopic (exact) mass is 262 g/mol. The molecule has 0 aromatic heterocycles. The predicted molar refractivity (Wildman–Crippen MR) is 75.4 cm³/mol. The fourth-order valence-corrected chi connectivity index (χ4v) is 2.49. The summed E-state index contributed by atoms with van der Waals surface area (Å²) in [5.41, 5.74) is 1.01. The zero-order valence-corrected chi connectivity index (χ0v) is 11.7. The molecule has 1 aromatic rings. The van der Waals surface area contributed by atoms with Crippen LogP contribution in [0, 0.1) is 0 Å². The number of carbonyl (C=O) groups excluding carboxylic acids is 1. The van der Waals surface area contributed by atoms with E-state index in [0.717, 1.165) is 37.2 Å². The van der Waals surface area contributed by atoms with Gasteiger partial charge < -0.3 is 15.0 Å². The third-order valence-electron chi connectivity index (χ3n) is 3.75. The highest BCUT2D eigenvalue weighted by molar-refractivity contribution is 5.79. The van der Waals surface area contributed by atoms with E-state index in [9.17, 15) is 4.79 Å². The number of nitrogens with one attached hydrogen (secondary N) is 1. The van der Waals surface area contributed by atoms with Gasteiger partial charge in [0.15, 0.2) is 0 Å². The molecule has 19 heavy (non-hydrogen) atoms. The first kappa shape index (κ1) is 13.9. The Morgan fingerprint density at radius 3 is 2.79 bits per heavy atom. The number of hydrogen-bond acceptors (Lipinski definition) is 3. The van der Waals surface area contributed by atoms with Crippen LogP contribution in [0.15, 0.2) is 24.3 Å². The van der Waals surface area contributed by atoms with Crippen LogP contribution < -0.4 is 10.1 Å². The van der Waals surface area contributed by atoms with E-state index in [4.69, 9.17) is 4.74 Å². The van der Waals surface area contributed by atoms with Gasteiger partial charge in [0, 0.05) is 19.1 Å². The van der Waals surface area contributed by atoms with Crippen LogP contribution in [0.3, 0.4) is 0 Å². The molecule has 0 saturated carbocycles. The Balaban J connectivity index is 1.90. The SMILES string of the molecule is CNC1CCN(C(=O)Cc2cccc(OC)c2)CC1. The molecule has 0 radical (unpaired) electrons. The number of carbonyl (C=O) groups is 1. The van der Waals surface area contributed by atoms with Gasteiger partial charge in [0.2, 0.25) is 5.91 Å². The Labute approximate surface area is 114 Å². The highest BCUT2D eigenvalue weighted by Crippen LogP contribution is 2.15. The van der Waals surface area contributed by atoms with Gasteiger partial charge in [-0.25, -0.2) is 0 Å². The normalized spacial score (nSPS) is 16.4. The van der Waals surface area contributed by atoms with Crippen molar-refractivity contribution < 1.29 is 9.53 Å². The minimum Gasteiger partial charge on any atom is -0.497 e. The van der Waals surface area contributed by atoms with Crippen molar-refractivity contribution in [3.05, 3.63) is 29.8 Å². The molecule has 0 unspecified atom stereocenters. The molecule has 1 amide bonds. The maximum absolute atomic E-state index is 12.2. The van der Waals surface area contributed by atoms with Crippen molar-refractivity contribution in [3.63, 3.8) is 0 Å². The molecular formula is C15H22N2O2. The summed E-state index contributed by atoms with van der Waals surface area (Å²) in [6, 6.07) is 8.28. The van der Waals surface area contributed by atoms with Crippen LogP contribution in [0.25, 0.3) is 0 Å². The molecule has 0 bridgehead atoms. The number of ether oxygens (including phenoxy) is 1. The first-order valence-corrected chi connectivity index (χ1v) is 6.81. The number of hydrogen-bond donors (Lipinski definition) is 1. The predicted octanol–water partition coefficient (Wildman–Crippen LogP) is 1.45. The third-order valence-corrected chi connectivity index (χ3v) is 3.75. The van der Waals surface area contributed by atoms with E-state index in [-0.39, 0.29) is 5.91 Å². The largest absolute Gasteiger partial charge is 0.497 e. The molecule has 1 aromatic carbocycles. The van der Waals surface area contributed by atoms with Crippen molar-refractivity contribution in [2.24, 2.45) is 0 Å². The number of piperidine rings is 1. The Morgan fingerprint density at radius 1 is 1.42 bits per heavy atom.